The Morgan fingerprint density at radius 1 is 1.35 bits per heavy atom. The van der Waals surface area contributed by atoms with Gasteiger partial charge in [0.15, 0.2) is 0 Å². The molecule has 0 bridgehead atoms. The molecule has 0 unspecified atom stereocenters. The Morgan fingerprint density at radius 2 is 2.00 bits per heavy atom. The lowest BCUT2D eigenvalue weighted by molar-refractivity contribution is -0.0399. The summed E-state index contributed by atoms with van der Waals surface area (Å²) >= 11 is 0. The molecule has 20 heavy (non-hydrogen) atoms. The van der Waals surface area contributed by atoms with Gasteiger partial charge in [-0.05, 0) is 43.5 Å². The average molecular weight is 283 g/mol. The molecule has 1 N–H and O–H groups in total. The van der Waals surface area contributed by atoms with Crippen molar-refractivity contribution in [1.82, 2.24) is 5.32 Å². The number of nitrogens with one attached hydrogen (secondary N) is 1. The summed E-state index contributed by atoms with van der Waals surface area (Å²) < 4.78 is 31.2. The number of methoxy groups -OCH3 is 1. The van der Waals surface area contributed by atoms with Crippen LogP contribution in [0.25, 0.3) is 0 Å². The molecule has 2 rings (SSSR count). The van der Waals surface area contributed by atoms with Crippen LogP contribution in [-0.2, 0) is 0 Å². The minimum atomic E-state index is -2.57. The Morgan fingerprint density at radius 3 is 2.55 bits per heavy atom. The van der Waals surface area contributed by atoms with E-state index in [0.29, 0.717) is 24.2 Å². The number of benzene rings is 1. The lowest BCUT2D eigenvalue weighted by atomic mass is 9.92. The number of rotatable bonds is 3. The van der Waals surface area contributed by atoms with Crippen LogP contribution in [0.3, 0.4) is 0 Å². The number of hydrogen-bond donors (Lipinski definition) is 1. The topological polar surface area (TPSA) is 38.3 Å². The maximum absolute atomic E-state index is 13.1. The van der Waals surface area contributed by atoms with Crippen molar-refractivity contribution >= 4 is 5.91 Å². The smallest absolute Gasteiger partial charge is 0.251 e. The molecule has 1 aromatic carbocycles. The highest BCUT2D eigenvalue weighted by molar-refractivity contribution is 5.96. The van der Waals surface area contributed by atoms with E-state index in [1.807, 2.05) is 6.92 Å². The van der Waals surface area contributed by atoms with Crippen LogP contribution in [0.4, 0.5) is 8.78 Å². The summed E-state index contributed by atoms with van der Waals surface area (Å²) in [7, 11) is 1.57. The van der Waals surface area contributed by atoms with Crippen molar-refractivity contribution in [2.45, 2.75) is 44.6 Å². The molecule has 1 aliphatic carbocycles. The van der Waals surface area contributed by atoms with Gasteiger partial charge in [-0.3, -0.25) is 4.79 Å². The molecule has 1 amide bonds. The molecular formula is C15H19F2NO2. The fourth-order valence-electron chi connectivity index (χ4n) is 2.47. The summed E-state index contributed by atoms with van der Waals surface area (Å²) in [4.78, 5) is 12.2. The van der Waals surface area contributed by atoms with Gasteiger partial charge in [0.1, 0.15) is 5.75 Å². The van der Waals surface area contributed by atoms with Crippen LogP contribution in [0.1, 0.15) is 41.6 Å². The normalized spacial score (nSPS) is 18.6. The molecule has 0 atom stereocenters. The first kappa shape index (κ1) is 14.8. The number of aryl methyl sites for hydroxylation is 1. The Bertz CT molecular complexity index is 493. The second kappa shape index (κ2) is 5.77. The maximum Gasteiger partial charge on any atom is 0.251 e. The molecule has 5 heteroatoms. The van der Waals surface area contributed by atoms with Gasteiger partial charge < -0.3 is 10.1 Å². The lowest BCUT2D eigenvalue weighted by Gasteiger charge is -2.29. The molecule has 0 aliphatic heterocycles. The highest BCUT2D eigenvalue weighted by atomic mass is 19.3. The molecule has 1 fully saturated rings. The van der Waals surface area contributed by atoms with Gasteiger partial charge in [0.05, 0.1) is 7.11 Å². The van der Waals surface area contributed by atoms with E-state index in [-0.39, 0.29) is 24.8 Å². The Hall–Kier alpha value is -1.65. The Labute approximate surface area is 117 Å². The summed E-state index contributed by atoms with van der Waals surface area (Å²) in [6.07, 6.45) is 0.348. The quantitative estimate of drug-likeness (QED) is 0.924. The van der Waals surface area contributed by atoms with E-state index < -0.39 is 5.92 Å². The number of hydrogen-bond acceptors (Lipinski definition) is 2. The van der Waals surface area contributed by atoms with E-state index in [0.717, 1.165) is 5.56 Å². The van der Waals surface area contributed by atoms with Gasteiger partial charge >= 0.3 is 0 Å². The fourth-order valence-corrected chi connectivity index (χ4v) is 2.47. The van der Waals surface area contributed by atoms with Crippen molar-refractivity contribution < 1.29 is 18.3 Å². The van der Waals surface area contributed by atoms with E-state index in [2.05, 4.69) is 5.32 Å². The van der Waals surface area contributed by atoms with E-state index in [1.165, 1.54) is 0 Å². The van der Waals surface area contributed by atoms with Gasteiger partial charge in [0.25, 0.3) is 5.91 Å². The summed E-state index contributed by atoms with van der Waals surface area (Å²) in [5, 5.41) is 2.84. The van der Waals surface area contributed by atoms with Crippen molar-refractivity contribution in [2.24, 2.45) is 0 Å². The van der Waals surface area contributed by atoms with E-state index in [1.54, 1.807) is 25.3 Å². The van der Waals surface area contributed by atoms with Crippen LogP contribution in [0.5, 0.6) is 5.75 Å². The van der Waals surface area contributed by atoms with Gasteiger partial charge in [0.2, 0.25) is 5.92 Å². The van der Waals surface area contributed by atoms with Crippen molar-refractivity contribution in [2.75, 3.05) is 7.11 Å². The molecule has 1 saturated carbocycles. The highest BCUT2D eigenvalue weighted by Crippen LogP contribution is 2.33. The SMILES string of the molecule is COc1ccc(C(=O)NC2CCC(F)(F)CC2)c(C)c1. The Kier molecular flexibility index (Phi) is 4.26. The number of ether oxygens (including phenoxy) is 1. The molecule has 3 nitrogen and oxygen atoms in total. The second-order valence-corrected chi connectivity index (χ2v) is 5.28. The predicted molar refractivity (Wildman–Crippen MR) is 72.4 cm³/mol. The zero-order chi connectivity index (χ0) is 14.8. The Balaban J connectivity index is 1.99. The van der Waals surface area contributed by atoms with Crippen LogP contribution in [0, 0.1) is 6.92 Å². The zero-order valence-corrected chi connectivity index (χ0v) is 11.7. The first-order valence-electron chi connectivity index (χ1n) is 6.74. The zero-order valence-electron chi connectivity index (χ0n) is 11.7. The van der Waals surface area contributed by atoms with E-state index in [4.69, 9.17) is 4.74 Å². The predicted octanol–water partition coefficient (Wildman–Crippen LogP) is 3.31. The maximum atomic E-state index is 13.1. The van der Waals surface area contributed by atoms with Crippen molar-refractivity contribution in [3.05, 3.63) is 29.3 Å². The van der Waals surface area contributed by atoms with Crippen LogP contribution < -0.4 is 10.1 Å². The number of carbonyl (C=O) groups excluding carboxylic acids is 1. The molecule has 110 valence electrons. The first-order chi connectivity index (χ1) is 9.41. The van der Waals surface area contributed by atoms with Gasteiger partial charge in [0, 0.05) is 24.4 Å². The molecule has 0 heterocycles. The standard InChI is InChI=1S/C15H19F2NO2/c1-10-9-12(20-2)3-4-13(10)14(19)18-11-5-7-15(16,17)8-6-11/h3-4,9,11H,5-8H2,1-2H3,(H,18,19). The molecule has 1 aromatic rings. The fraction of sp³-hybridized carbons (Fsp3) is 0.533. The van der Waals surface area contributed by atoms with Crippen LogP contribution in [0.15, 0.2) is 18.2 Å². The monoisotopic (exact) mass is 283 g/mol. The summed E-state index contributed by atoms with van der Waals surface area (Å²) in [6, 6.07) is 5.03. The van der Waals surface area contributed by atoms with Gasteiger partial charge in [-0.2, -0.15) is 0 Å². The number of halogens is 2. The third-order valence-electron chi connectivity index (χ3n) is 3.73. The van der Waals surface area contributed by atoms with Crippen molar-refractivity contribution in [3.8, 4) is 5.75 Å². The van der Waals surface area contributed by atoms with Crippen LogP contribution >= 0.6 is 0 Å². The van der Waals surface area contributed by atoms with Gasteiger partial charge in [-0.25, -0.2) is 8.78 Å². The third-order valence-corrected chi connectivity index (χ3v) is 3.73. The average Bonchev–Trinajstić information content (AvgIpc) is 2.40. The first-order valence-corrected chi connectivity index (χ1v) is 6.74. The van der Waals surface area contributed by atoms with E-state index in [9.17, 15) is 13.6 Å². The molecular weight excluding hydrogens is 264 g/mol. The molecule has 1 aliphatic rings. The second-order valence-electron chi connectivity index (χ2n) is 5.28. The number of alkyl halides is 2. The van der Waals surface area contributed by atoms with Gasteiger partial charge in [-0.1, -0.05) is 0 Å². The molecule has 0 radical (unpaired) electrons. The highest BCUT2D eigenvalue weighted by Gasteiger charge is 2.35. The molecule has 0 saturated heterocycles. The molecule has 0 aromatic heterocycles. The summed E-state index contributed by atoms with van der Waals surface area (Å²) in [6.45, 7) is 1.83. The minimum absolute atomic E-state index is 0.153. The van der Waals surface area contributed by atoms with Crippen LogP contribution in [-0.4, -0.2) is 25.0 Å². The number of amides is 1. The third kappa shape index (κ3) is 3.46. The van der Waals surface area contributed by atoms with E-state index >= 15 is 0 Å². The molecule has 0 spiro atoms. The van der Waals surface area contributed by atoms with Crippen molar-refractivity contribution in [3.63, 3.8) is 0 Å². The summed E-state index contributed by atoms with van der Waals surface area (Å²) in [5.41, 5.74) is 1.37. The largest absolute Gasteiger partial charge is 0.497 e. The number of carbonyl (C=O) groups is 1. The minimum Gasteiger partial charge on any atom is -0.497 e. The van der Waals surface area contributed by atoms with Gasteiger partial charge in [-0.15, -0.1) is 0 Å². The van der Waals surface area contributed by atoms with Crippen LogP contribution in [0.2, 0.25) is 0 Å². The summed E-state index contributed by atoms with van der Waals surface area (Å²) in [5.74, 6) is -2.09. The lowest BCUT2D eigenvalue weighted by Crippen LogP contribution is -2.40. The van der Waals surface area contributed by atoms with Crippen molar-refractivity contribution in [1.29, 1.82) is 0 Å².